The van der Waals surface area contributed by atoms with Crippen LogP contribution < -0.4 is 15.4 Å². The summed E-state index contributed by atoms with van der Waals surface area (Å²) < 4.78 is 11.3. The molecule has 6 nitrogen and oxygen atoms in total. The van der Waals surface area contributed by atoms with Crippen LogP contribution >= 0.6 is 11.6 Å². The van der Waals surface area contributed by atoms with Crippen molar-refractivity contribution in [2.75, 3.05) is 13.2 Å². The Kier molecular flexibility index (Phi) is 6.03. The summed E-state index contributed by atoms with van der Waals surface area (Å²) in [5.41, 5.74) is 5.15. The Hall–Kier alpha value is -3.35. The summed E-state index contributed by atoms with van der Waals surface area (Å²) >= 11 is 6.49. The molecule has 2 heterocycles. The van der Waals surface area contributed by atoms with Crippen LogP contribution in [0.3, 0.4) is 0 Å². The molecule has 1 aliphatic carbocycles. The lowest BCUT2D eigenvalue weighted by atomic mass is 9.97. The number of amides is 2. The zero-order valence-electron chi connectivity index (χ0n) is 17.9. The highest BCUT2D eigenvalue weighted by atomic mass is 35.5. The minimum Gasteiger partial charge on any atom is -0.456 e. The molecular formula is C26H23ClN2O4. The SMILES string of the molecule is O=C1CC2=CC(=Cc3ccc(Oc4ccc(CC5COCC(=O)N5)cc4)c(Cl)c3)CC=C2N1. The third kappa shape index (κ3) is 5.18. The smallest absolute Gasteiger partial charge is 0.246 e. The molecule has 1 unspecified atom stereocenters. The van der Waals surface area contributed by atoms with E-state index >= 15 is 0 Å². The number of carbonyl (C=O) groups is 2. The van der Waals surface area contributed by atoms with Crippen LogP contribution in [0.15, 0.2) is 71.5 Å². The number of morpholine rings is 1. The second-order valence-corrected chi connectivity index (χ2v) is 8.76. The van der Waals surface area contributed by atoms with E-state index < -0.39 is 0 Å². The summed E-state index contributed by atoms with van der Waals surface area (Å²) in [6, 6.07) is 13.4. The van der Waals surface area contributed by atoms with Crippen molar-refractivity contribution in [1.29, 1.82) is 0 Å². The third-order valence-electron chi connectivity index (χ3n) is 5.73. The average Bonchev–Trinajstić information content (AvgIpc) is 3.16. The molecule has 5 rings (SSSR count). The fourth-order valence-electron chi connectivity index (χ4n) is 4.18. The summed E-state index contributed by atoms with van der Waals surface area (Å²) in [6.07, 6.45) is 8.08. The lowest BCUT2D eigenvalue weighted by Crippen LogP contribution is -2.46. The van der Waals surface area contributed by atoms with Crippen molar-refractivity contribution in [1.82, 2.24) is 10.6 Å². The van der Waals surface area contributed by atoms with Gasteiger partial charge in [-0.15, -0.1) is 0 Å². The van der Waals surface area contributed by atoms with Gasteiger partial charge in [0.05, 0.1) is 24.1 Å². The normalized spacial score (nSPS) is 21.1. The number of halogens is 1. The monoisotopic (exact) mass is 462 g/mol. The van der Waals surface area contributed by atoms with Gasteiger partial charge in [0.2, 0.25) is 11.8 Å². The molecule has 168 valence electrons. The Balaban J connectivity index is 1.23. The van der Waals surface area contributed by atoms with Crippen LogP contribution in [-0.2, 0) is 20.7 Å². The van der Waals surface area contributed by atoms with Gasteiger partial charge in [-0.3, -0.25) is 9.59 Å². The Morgan fingerprint density at radius 3 is 2.76 bits per heavy atom. The quantitative estimate of drug-likeness (QED) is 0.694. The van der Waals surface area contributed by atoms with Gasteiger partial charge in [0.1, 0.15) is 18.1 Å². The lowest BCUT2D eigenvalue weighted by Gasteiger charge is -2.23. The number of nitrogens with one attached hydrogen (secondary N) is 2. The number of carbonyl (C=O) groups excluding carboxylic acids is 2. The van der Waals surface area contributed by atoms with E-state index in [-0.39, 0.29) is 24.5 Å². The van der Waals surface area contributed by atoms with Crippen LogP contribution in [0.4, 0.5) is 0 Å². The maximum Gasteiger partial charge on any atom is 0.246 e. The van der Waals surface area contributed by atoms with E-state index in [0.717, 1.165) is 34.4 Å². The Morgan fingerprint density at radius 1 is 1.12 bits per heavy atom. The molecule has 33 heavy (non-hydrogen) atoms. The van der Waals surface area contributed by atoms with Crippen molar-refractivity contribution in [3.63, 3.8) is 0 Å². The van der Waals surface area contributed by atoms with Crippen LogP contribution in [0.2, 0.25) is 5.02 Å². The van der Waals surface area contributed by atoms with Crippen molar-refractivity contribution in [2.45, 2.75) is 25.3 Å². The minimum atomic E-state index is -0.0769. The molecule has 2 aliphatic heterocycles. The number of benzene rings is 2. The summed E-state index contributed by atoms with van der Waals surface area (Å²) in [7, 11) is 0. The van der Waals surface area contributed by atoms with E-state index in [4.69, 9.17) is 21.1 Å². The fourth-order valence-corrected chi connectivity index (χ4v) is 4.41. The first-order valence-corrected chi connectivity index (χ1v) is 11.2. The van der Waals surface area contributed by atoms with E-state index in [2.05, 4.69) is 22.8 Å². The highest BCUT2D eigenvalue weighted by Gasteiger charge is 2.23. The molecule has 2 fully saturated rings. The molecule has 0 saturated carbocycles. The Morgan fingerprint density at radius 2 is 1.97 bits per heavy atom. The largest absolute Gasteiger partial charge is 0.456 e. The van der Waals surface area contributed by atoms with E-state index in [9.17, 15) is 9.59 Å². The van der Waals surface area contributed by atoms with Gasteiger partial charge in [-0.05, 0) is 59.4 Å². The predicted molar refractivity (Wildman–Crippen MR) is 126 cm³/mol. The predicted octanol–water partition coefficient (Wildman–Crippen LogP) is 4.31. The van der Waals surface area contributed by atoms with Gasteiger partial charge in [-0.2, -0.15) is 0 Å². The molecule has 0 bridgehead atoms. The average molecular weight is 463 g/mol. The molecule has 2 N–H and O–H groups in total. The summed E-state index contributed by atoms with van der Waals surface area (Å²) in [6.45, 7) is 0.653. The number of hydrogen-bond donors (Lipinski definition) is 2. The van der Waals surface area contributed by atoms with Crippen molar-refractivity contribution in [3.05, 3.63) is 87.6 Å². The van der Waals surface area contributed by atoms with Gasteiger partial charge in [-0.1, -0.05) is 48.0 Å². The van der Waals surface area contributed by atoms with Crippen molar-refractivity contribution in [2.24, 2.45) is 0 Å². The minimum absolute atomic E-state index is 0.0126. The molecule has 2 aromatic carbocycles. The van der Waals surface area contributed by atoms with E-state index in [1.54, 1.807) is 0 Å². The van der Waals surface area contributed by atoms with Crippen LogP contribution in [0.5, 0.6) is 11.5 Å². The molecular weight excluding hydrogens is 440 g/mol. The van der Waals surface area contributed by atoms with Crippen LogP contribution in [0, 0.1) is 0 Å². The van der Waals surface area contributed by atoms with E-state index in [1.807, 2.05) is 48.5 Å². The van der Waals surface area contributed by atoms with Crippen LogP contribution in [-0.4, -0.2) is 31.1 Å². The molecule has 2 aromatic rings. The maximum absolute atomic E-state index is 11.6. The van der Waals surface area contributed by atoms with Gasteiger partial charge in [0, 0.05) is 5.70 Å². The number of hydrogen-bond acceptors (Lipinski definition) is 4. The molecule has 0 spiro atoms. The molecule has 7 heteroatoms. The Bertz CT molecular complexity index is 1200. The first-order chi connectivity index (χ1) is 16.0. The van der Waals surface area contributed by atoms with Gasteiger partial charge in [-0.25, -0.2) is 0 Å². The zero-order valence-corrected chi connectivity index (χ0v) is 18.7. The van der Waals surface area contributed by atoms with Gasteiger partial charge >= 0.3 is 0 Å². The van der Waals surface area contributed by atoms with Gasteiger partial charge < -0.3 is 20.1 Å². The summed E-state index contributed by atoms with van der Waals surface area (Å²) in [5.74, 6) is 1.23. The number of fused-ring (bicyclic) bond motifs is 1. The maximum atomic E-state index is 11.6. The zero-order chi connectivity index (χ0) is 22.8. The van der Waals surface area contributed by atoms with Crippen LogP contribution in [0.1, 0.15) is 24.0 Å². The number of allylic oxidation sites excluding steroid dienone is 4. The Labute approximate surface area is 196 Å². The van der Waals surface area contributed by atoms with E-state index in [0.29, 0.717) is 36.0 Å². The first-order valence-electron chi connectivity index (χ1n) is 10.9. The van der Waals surface area contributed by atoms with Crippen molar-refractivity contribution in [3.8, 4) is 11.5 Å². The molecule has 2 amide bonds. The third-order valence-corrected chi connectivity index (χ3v) is 6.03. The standard InChI is InChI=1S/C26H23ClN2O4/c27-22-12-18(9-17-3-7-23-19(10-17)13-25(30)29-23)4-8-24(22)33-21-5-1-16(2-6-21)11-20-14-32-15-26(31)28-20/h1-2,4-10,12,20H,3,11,13-15H2,(H,28,31)(H,29,30). The number of rotatable bonds is 5. The summed E-state index contributed by atoms with van der Waals surface area (Å²) in [4.78, 5) is 23.0. The molecule has 3 aliphatic rings. The first kappa shape index (κ1) is 21.5. The topological polar surface area (TPSA) is 76.7 Å². The highest BCUT2D eigenvalue weighted by Crippen LogP contribution is 2.33. The van der Waals surface area contributed by atoms with Gasteiger partial charge in [0.25, 0.3) is 0 Å². The highest BCUT2D eigenvalue weighted by molar-refractivity contribution is 6.32. The fraction of sp³-hybridized carbons (Fsp3) is 0.231. The van der Waals surface area contributed by atoms with Crippen molar-refractivity contribution >= 4 is 29.5 Å². The van der Waals surface area contributed by atoms with Crippen LogP contribution in [0.25, 0.3) is 6.08 Å². The second-order valence-electron chi connectivity index (χ2n) is 8.36. The van der Waals surface area contributed by atoms with Gasteiger partial charge in [0.15, 0.2) is 0 Å². The molecule has 0 aromatic heterocycles. The molecule has 2 saturated heterocycles. The molecule has 0 radical (unpaired) electrons. The second kappa shape index (κ2) is 9.25. The van der Waals surface area contributed by atoms with Crippen molar-refractivity contribution < 1.29 is 19.1 Å². The lowest BCUT2D eigenvalue weighted by molar-refractivity contribution is -0.131. The molecule has 1 atom stereocenters. The van der Waals surface area contributed by atoms with E-state index in [1.165, 1.54) is 0 Å². The summed E-state index contributed by atoms with van der Waals surface area (Å²) in [5, 5.41) is 6.33. The number of ether oxygens (including phenoxy) is 2.